The molecule has 0 unspecified atom stereocenters. The molecule has 1 atom stereocenters. The Morgan fingerprint density at radius 2 is 1.63 bits per heavy atom. The van der Waals surface area contributed by atoms with Crippen LogP contribution in [0.15, 0.2) is 29.2 Å². The third-order valence-electron chi connectivity index (χ3n) is 5.56. The van der Waals surface area contributed by atoms with E-state index in [4.69, 9.17) is 0 Å². The minimum Gasteiger partial charge on any atom is -0.342 e. The average Bonchev–Trinajstić information content (AvgIpc) is 2.67. The normalized spacial score (nSPS) is 17.9. The van der Waals surface area contributed by atoms with Gasteiger partial charge in [0.1, 0.15) is 0 Å². The second-order valence-electron chi connectivity index (χ2n) is 7.66. The van der Waals surface area contributed by atoms with E-state index >= 15 is 0 Å². The van der Waals surface area contributed by atoms with Crippen molar-refractivity contribution in [2.75, 3.05) is 39.8 Å². The molecule has 6 nitrogen and oxygen atoms in total. The number of likely N-dealkylation sites (N-methyl/N-ethyl adjacent to an activating group) is 1. The molecule has 152 valence electrons. The van der Waals surface area contributed by atoms with Gasteiger partial charge in [0.25, 0.3) is 0 Å². The summed E-state index contributed by atoms with van der Waals surface area (Å²) in [6.07, 6.45) is 1.03. The third kappa shape index (κ3) is 5.30. The first kappa shape index (κ1) is 21.9. The Balaban J connectivity index is 1.97. The van der Waals surface area contributed by atoms with Crippen LogP contribution in [0.25, 0.3) is 0 Å². The number of nitrogens with zero attached hydrogens (tertiary/aromatic N) is 3. The average molecular weight is 396 g/mol. The van der Waals surface area contributed by atoms with Gasteiger partial charge in [0.15, 0.2) is 0 Å². The van der Waals surface area contributed by atoms with E-state index in [9.17, 15) is 13.2 Å². The SMILES string of the molecule is CC[C@@H](C)c1ccc(S(=O)(=O)N2CCN(CC(=O)N(C)C(C)C)CC2)cc1. The molecule has 0 spiro atoms. The summed E-state index contributed by atoms with van der Waals surface area (Å²) in [5.74, 6) is 0.494. The zero-order valence-electron chi connectivity index (χ0n) is 17.2. The number of rotatable bonds is 7. The molecular weight excluding hydrogens is 362 g/mol. The van der Waals surface area contributed by atoms with E-state index < -0.39 is 10.0 Å². The largest absolute Gasteiger partial charge is 0.342 e. The van der Waals surface area contributed by atoms with Gasteiger partial charge in [-0.1, -0.05) is 26.0 Å². The Bertz CT molecular complexity index is 723. The van der Waals surface area contributed by atoms with Crippen molar-refractivity contribution < 1.29 is 13.2 Å². The van der Waals surface area contributed by atoms with Crippen LogP contribution in [0.2, 0.25) is 0 Å². The molecule has 7 heteroatoms. The second kappa shape index (κ2) is 9.17. The molecule has 1 saturated heterocycles. The van der Waals surface area contributed by atoms with E-state index in [1.807, 2.05) is 30.9 Å². The van der Waals surface area contributed by atoms with Gasteiger partial charge in [-0.25, -0.2) is 8.42 Å². The van der Waals surface area contributed by atoms with Crippen molar-refractivity contribution in [3.05, 3.63) is 29.8 Å². The first-order valence-electron chi connectivity index (χ1n) is 9.75. The molecule has 0 radical (unpaired) electrons. The molecule has 2 rings (SSSR count). The summed E-state index contributed by atoms with van der Waals surface area (Å²) >= 11 is 0. The van der Waals surface area contributed by atoms with Gasteiger partial charge in [-0.15, -0.1) is 0 Å². The molecule has 0 saturated carbocycles. The van der Waals surface area contributed by atoms with E-state index in [-0.39, 0.29) is 11.9 Å². The Kier molecular flexibility index (Phi) is 7.42. The first-order chi connectivity index (χ1) is 12.7. The van der Waals surface area contributed by atoms with Gasteiger partial charge in [-0.05, 0) is 43.9 Å². The van der Waals surface area contributed by atoms with E-state index in [0.717, 1.165) is 12.0 Å². The van der Waals surface area contributed by atoms with E-state index in [1.165, 1.54) is 4.31 Å². The molecule has 0 aromatic heterocycles. The predicted molar refractivity (Wildman–Crippen MR) is 108 cm³/mol. The number of piperazine rings is 1. The van der Waals surface area contributed by atoms with Crippen LogP contribution in [0.1, 0.15) is 45.6 Å². The lowest BCUT2D eigenvalue weighted by Crippen LogP contribution is -2.51. The van der Waals surface area contributed by atoms with Gasteiger partial charge in [-0.2, -0.15) is 4.31 Å². The van der Waals surface area contributed by atoms with Crippen LogP contribution in [0.3, 0.4) is 0 Å². The number of sulfonamides is 1. The molecule has 1 aromatic rings. The molecule has 1 aromatic carbocycles. The van der Waals surface area contributed by atoms with Crippen LogP contribution in [-0.2, 0) is 14.8 Å². The number of carbonyl (C=O) groups is 1. The minimum absolute atomic E-state index is 0.0712. The van der Waals surface area contributed by atoms with Crippen molar-refractivity contribution in [3.63, 3.8) is 0 Å². The van der Waals surface area contributed by atoms with Crippen LogP contribution in [0.5, 0.6) is 0 Å². The maximum Gasteiger partial charge on any atom is 0.243 e. The second-order valence-corrected chi connectivity index (χ2v) is 9.59. The fraction of sp³-hybridized carbons (Fsp3) is 0.650. The summed E-state index contributed by atoms with van der Waals surface area (Å²) in [5, 5.41) is 0. The van der Waals surface area contributed by atoms with Gasteiger partial charge in [0.05, 0.1) is 11.4 Å². The summed E-state index contributed by atoms with van der Waals surface area (Å²) in [6.45, 7) is 10.5. The van der Waals surface area contributed by atoms with Gasteiger partial charge < -0.3 is 4.90 Å². The van der Waals surface area contributed by atoms with Crippen LogP contribution in [-0.4, -0.2) is 74.2 Å². The summed E-state index contributed by atoms with van der Waals surface area (Å²) in [5.41, 5.74) is 1.16. The Hall–Kier alpha value is -1.44. The number of benzene rings is 1. The highest BCUT2D eigenvalue weighted by molar-refractivity contribution is 7.89. The molecule has 1 heterocycles. The molecule has 1 fully saturated rings. The lowest BCUT2D eigenvalue weighted by Gasteiger charge is -2.34. The zero-order valence-corrected chi connectivity index (χ0v) is 18.0. The maximum atomic E-state index is 12.9. The van der Waals surface area contributed by atoms with Crippen molar-refractivity contribution >= 4 is 15.9 Å². The Morgan fingerprint density at radius 1 is 1.07 bits per heavy atom. The van der Waals surface area contributed by atoms with Crippen LogP contribution in [0.4, 0.5) is 0 Å². The van der Waals surface area contributed by atoms with Crippen LogP contribution in [0, 0.1) is 0 Å². The highest BCUT2D eigenvalue weighted by Crippen LogP contribution is 2.23. The molecule has 1 amide bonds. The topological polar surface area (TPSA) is 60.9 Å². The third-order valence-corrected chi connectivity index (χ3v) is 7.47. The van der Waals surface area contributed by atoms with Gasteiger partial charge in [0, 0.05) is 39.3 Å². The molecule has 0 bridgehead atoms. The Labute approximate surface area is 164 Å². The summed E-state index contributed by atoms with van der Waals surface area (Å²) in [7, 11) is -1.68. The quantitative estimate of drug-likeness (QED) is 0.711. The first-order valence-corrected chi connectivity index (χ1v) is 11.2. The maximum absolute atomic E-state index is 12.9. The van der Waals surface area contributed by atoms with Gasteiger partial charge in [-0.3, -0.25) is 9.69 Å². The lowest BCUT2D eigenvalue weighted by atomic mass is 9.99. The molecule has 27 heavy (non-hydrogen) atoms. The van der Waals surface area contributed by atoms with E-state index in [2.05, 4.69) is 13.8 Å². The minimum atomic E-state index is -3.48. The van der Waals surface area contributed by atoms with Crippen LogP contribution >= 0.6 is 0 Å². The number of hydrogen-bond donors (Lipinski definition) is 0. The standard InChI is InChI=1S/C20H33N3O3S/c1-6-17(4)18-7-9-19(10-8-18)27(25,26)23-13-11-22(12-14-23)15-20(24)21(5)16(2)3/h7-10,16-17H,6,11-15H2,1-5H3/t17-/m1/s1. The highest BCUT2D eigenvalue weighted by Gasteiger charge is 2.29. The molecular formula is C20H33N3O3S. The summed E-state index contributed by atoms with van der Waals surface area (Å²) < 4.78 is 27.3. The number of carbonyl (C=O) groups excluding carboxylic acids is 1. The monoisotopic (exact) mass is 395 g/mol. The van der Waals surface area contributed by atoms with Crippen LogP contribution < -0.4 is 0 Å². The number of amides is 1. The Morgan fingerprint density at radius 3 is 2.11 bits per heavy atom. The lowest BCUT2D eigenvalue weighted by molar-refractivity contribution is -0.132. The van der Waals surface area contributed by atoms with Crippen molar-refractivity contribution in [3.8, 4) is 0 Å². The van der Waals surface area contributed by atoms with E-state index in [1.54, 1.807) is 24.1 Å². The number of hydrogen-bond acceptors (Lipinski definition) is 4. The molecule has 0 aliphatic carbocycles. The summed E-state index contributed by atoms with van der Waals surface area (Å²) in [6, 6.07) is 7.42. The van der Waals surface area contributed by atoms with Gasteiger partial charge >= 0.3 is 0 Å². The smallest absolute Gasteiger partial charge is 0.243 e. The van der Waals surface area contributed by atoms with Crippen molar-refractivity contribution in [2.24, 2.45) is 0 Å². The van der Waals surface area contributed by atoms with Crippen molar-refractivity contribution in [1.29, 1.82) is 0 Å². The fourth-order valence-corrected chi connectivity index (χ4v) is 4.49. The van der Waals surface area contributed by atoms with E-state index in [0.29, 0.717) is 43.5 Å². The predicted octanol–water partition coefficient (Wildman–Crippen LogP) is 2.37. The summed E-state index contributed by atoms with van der Waals surface area (Å²) in [4.78, 5) is 16.3. The zero-order chi connectivity index (χ0) is 20.2. The highest BCUT2D eigenvalue weighted by atomic mass is 32.2. The van der Waals surface area contributed by atoms with Crippen molar-refractivity contribution in [2.45, 2.75) is 51.0 Å². The molecule has 1 aliphatic rings. The van der Waals surface area contributed by atoms with Gasteiger partial charge in [0.2, 0.25) is 15.9 Å². The molecule has 1 aliphatic heterocycles. The fourth-order valence-electron chi connectivity index (χ4n) is 3.07. The molecule has 0 N–H and O–H groups in total. The van der Waals surface area contributed by atoms with Crippen molar-refractivity contribution in [1.82, 2.24) is 14.1 Å².